The highest BCUT2D eigenvalue weighted by atomic mass is 19.1. The molecule has 1 heterocycles. The van der Waals surface area contributed by atoms with E-state index in [1.807, 2.05) is 0 Å². The minimum Gasteiger partial charge on any atom is -0.480 e. The van der Waals surface area contributed by atoms with Crippen molar-refractivity contribution in [2.24, 2.45) is 0 Å². The van der Waals surface area contributed by atoms with Gasteiger partial charge in [-0.1, -0.05) is 0 Å². The van der Waals surface area contributed by atoms with Crippen LogP contribution in [-0.2, 0) is 6.42 Å². The zero-order valence-corrected chi connectivity index (χ0v) is 7.04. The zero-order chi connectivity index (χ0) is 9.84. The number of nitrogens with zero attached hydrogens (tertiary/aromatic N) is 2. The number of hydrogen-bond donors (Lipinski definition) is 1. The molecule has 0 aliphatic carbocycles. The van der Waals surface area contributed by atoms with Crippen LogP contribution in [0.25, 0.3) is 0 Å². The number of pyridine rings is 1. The summed E-state index contributed by atoms with van der Waals surface area (Å²) >= 11 is 0. The van der Waals surface area contributed by atoms with Gasteiger partial charge in [-0.05, 0) is 0 Å². The molecule has 0 aromatic carbocycles. The molecule has 5 heteroatoms. The number of nitriles is 1. The summed E-state index contributed by atoms with van der Waals surface area (Å²) in [6.45, 7) is 0. The molecule has 0 radical (unpaired) electrons. The summed E-state index contributed by atoms with van der Waals surface area (Å²) in [5.41, 5.74) is 5.56. The molecule has 0 saturated carbocycles. The standard InChI is InChI=1S/C8H8FN3O/c1-13-8-6(11)4-5(9)7(12-8)2-3-10/h4H,2,11H2,1H3. The number of hydrogen-bond acceptors (Lipinski definition) is 4. The monoisotopic (exact) mass is 181 g/mol. The van der Waals surface area contributed by atoms with E-state index in [-0.39, 0.29) is 23.7 Å². The molecule has 0 saturated heterocycles. The van der Waals surface area contributed by atoms with E-state index in [0.717, 1.165) is 6.07 Å². The molecule has 68 valence electrons. The second-order valence-corrected chi connectivity index (χ2v) is 2.35. The van der Waals surface area contributed by atoms with Crippen molar-refractivity contribution in [1.29, 1.82) is 5.26 Å². The van der Waals surface area contributed by atoms with E-state index in [4.69, 9.17) is 15.7 Å². The molecule has 0 spiro atoms. The summed E-state index contributed by atoms with van der Waals surface area (Å²) < 4.78 is 17.8. The van der Waals surface area contributed by atoms with Crippen LogP contribution in [0.2, 0.25) is 0 Å². The first kappa shape index (κ1) is 9.26. The van der Waals surface area contributed by atoms with E-state index in [2.05, 4.69) is 4.98 Å². The molecule has 1 aromatic rings. The summed E-state index contributed by atoms with van der Waals surface area (Å²) in [7, 11) is 1.38. The number of ether oxygens (including phenoxy) is 1. The first-order chi connectivity index (χ1) is 6.19. The Morgan fingerprint density at radius 3 is 3.00 bits per heavy atom. The van der Waals surface area contributed by atoms with Gasteiger partial charge in [0.2, 0.25) is 5.88 Å². The van der Waals surface area contributed by atoms with Crippen LogP contribution in [-0.4, -0.2) is 12.1 Å². The van der Waals surface area contributed by atoms with Crippen LogP contribution in [0.5, 0.6) is 5.88 Å². The lowest BCUT2D eigenvalue weighted by atomic mass is 10.2. The third-order valence-corrected chi connectivity index (χ3v) is 1.48. The van der Waals surface area contributed by atoms with Gasteiger partial charge in [-0.15, -0.1) is 0 Å². The molecular formula is C8H8FN3O. The van der Waals surface area contributed by atoms with Crippen LogP contribution in [0.15, 0.2) is 6.07 Å². The maximum absolute atomic E-state index is 13.0. The Bertz CT molecular complexity index is 359. The molecule has 0 atom stereocenters. The first-order valence-corrected chi connectivity index (χ1v) is 3.55. The average molecular weight is 181 g/mol. The van der Waals surface area contributed by atoms with Crippen molar-refractivity contribution < 1.29 is 9.13 Å². The summed E-state index contributed by atoms with van der Waals surface area (Å²) in [5.74, 6) is -0.438. The first-order valence-electron chi connectivity index (χ1n) is 3.55. The molecule has 0 unspecified atom stereocenters. The maximum atomic E-state index is 13.0. The van der Waals surface area contributed by atoms with Gasteiger partial charge < -0.3 is 10.5 Å². The van der Waals surface area contributed by atoms with Gasteiger partial charge in [0.15, 0.2) is 0 Å². The van der Waals surface area contributed by atoms with Crippen molar-refractivity contribution in [3.05, 3.63) is 17.6 Å². The maximum Gasteiger partial charge on any atom is 0.237 e. The number of anilines is 1. The molecule has 0 amide bonds. The van der Waals surface area contributed by atoms with Crippen LogP contribution < -0.4 is 10.5 Å². The summed E-state index contributed by atoms with van der Waals surface area (Å²) in [5, 5.41) is 8.35. The summed E-state index contributed by atoms with van der Waals surface area (Å²) in [6, 6.07) is 2.89. The largest absolute Gasteiger partial charge is 0.480 e. The van der Waals surface area contributed by atoms with Crippen molar-refractivity contribution in [3.63, 3.8) is 0 Å². The van der Waals surface area contributed by atoms with Gasteiger partial charge in [0.05, 0.1) is 31.0 Å². The Morgan fingerprint density at radius 2 is 2.46 bits per heavy atom. The van der Waals surface area contributed by atoms with E-state index in [0.29, 0.717) is 0 Å². The summed E-state index contributed by atoms with van der Waals surface area (Å²) in [6.07, 6.45) is -0.0948. The summed E-state index contributed by atoms with van der Waals surface area (Å²) in [4.78, 5) is 3.74. The van der Waals surface area contributed by atoms with E-state index >= 15 is 0 Å². The molecule has 0 aliphatic heterocycles. The number of aromatic nitrogens is 1. The Balaban J connectivity index is 3.16. The van der Waals surface area contributed by atoms with Crippen LogP contribution in [0.4, 0.5) is 10.1 Å². The van der Waals surface area contributed by atoms with Crippen LogP contribution in [0.1, 0.15) is 5.69 Å². The Labute approximate surface area is 74.8 Å². The minimum atomic E-state index is -0.583. The quantitative estimate of drug-likeness (QED) is 0.735. The molecule has 2 N–H and O–H groups in total. The normalized spacial score (nSPS) is 9.31. The lowest BCUT2D eigenvalue weighted by Gasteiger charge is -2.04. The molecule has 13 heavy (non-hydrogen) atoms. The van der Waals surface area contributed by atoms with Crippen molar-refractivity contribution in [3.8, 4) is 11.9 Å². The molecule has 1 aromatic heterocycles. The van der Waals surface area contributed by atoms with Gasteiger partial charge in [-0.25, -0.2) is 9.37 Å². The Morgan fingerprint density at radius 1 is 1.77 bits per heavy atom. The van der Waals surface area contributed by atoms with Gasteiger partial charge in [0.1, 0.15) is 5.82 Å². The van der Waals surface area contributed by atoms with Gasteiger partial charge >= 0.3 is 0 Å². The second kappa shape index (κ2) is 3.72. The van der Waals surface area contributed by atoms with Crippen LogP contribution in [0.3, 0.4) is 0 Å². The highest BCUT2D eigenvalue weighted by Crippen LogP contribution is 2.20. The molecule has 0 fully saturated rings. The zero-order valence-electron chi connectivity index (χ0n) is 7.04. The van der Waals surface area contributed by atoms with Crippen molar-refractivity contribution in [2.75, 3.05) is 12.8 Å². The topological polar surface area (TPSA) is 71.9 Å². The average Bonchev–Trinajstić information content (AvgIpc) is 2.10. The highest BCUT2D eigenvalue weighted by molar-refractivity contribution is 5.48. The van der Waals surface area contributed by atoms with E-state index < -0.39 is 5.82 Å². The SMILES string of the molecule is COc1nc(CC#N)c(F)cc1N. The smallest absolute Gasteiger partial charge is 0.237 e. The van der Waals surface area contributed by atoms with Crippen LogP contribution >= 0.6 is 0 Å². The van der Waals surface area contributed by atoms with Gasteiger partial charge in [-0.3, -0.25) is 0 Å². The fraction of sp³-hybridized carbons (Fsp3) is 0.250. The van der Waals surface area contributed by atoms with Crippen molar-refractivity contribution in [1.82, 2.24) is 4.98 Å². The molecule has 0 aliphatic rings. The fourth-order valence-electron chi connectivity index (χ4n) is 0.884. The fourth-order valence-corrected chi connectivity index (χ4v) is 0.884. The lowest BCUT2D eigenvalue weighted by Crippen LogP contribution is -2.01. The minimum absolute atomic E-state index is 0.0496. The molecule has 1 rings (SSSR count). The number of methoxy groups -OCH3 is 1. The van der Waals surface area contributed by atoms with Gasteiger partial charge in [0.25, 0.3) is 0 Å². The van der Waals surface area contributed by atoms with E-state index in [1.165, 1.54) is 7.11 Å². The van der Waals surface area contributed by atoms with Gasteiger partial charge in [-0.2, -0.15) is 5.26 Å². The number of halogens is 1. The Hall–Kier alpha value is -1.83. The molecular weight excluding hydrogens is 173 g/mol. The second-order valence-electron chi connectivity index (χ2n) is 2.35. The predicted molar refractivity (Wildman–Crippen MR) is 44.5 cm³/mol. The van der Waals surface area contributed by atoms with Crippen LogP contribution in [0, 0.1) is 17.1 Å². The highest BCUT2D eigenvalue weighted by Gasteiger charge is 2.09. The van der Waals surface area contributed by atoms with E-state index in [9.17, 15) is 4.39 Å². The van der Waals surface area contributed by atoms with Crippen molar-refractivity contribution in [2.45, 2.75) is 6.42 Å². The lowest BCUT2D eigenvalue weighted by molar-refractivity contribution is 0.396. The Kier molecular flexibility index (Phi) is 2.65. The predicted octanol–water partition coefficient (Wildman–Crippen LogP) is 0.878. The third kappa shape index (κ3) is 1.85. The number of nitrogen functional groups attached to an aromatic ring is 1. The third-order valence-electron chi connectivity index (χ3n) is 1.48. The van der Waals surface area contributed by atoms with Crippen molar-refractivity contribution >= 4 is 5.69 Å². The number of rotatable bonds is 2. The number of nitrogens with two attached hydrogens (primary N) is 1. The van der Waals surface area contributed by atoms with Gasteiger partial charge in [0, 0.05) is 6.07 Å². The molecule has 0 bridgehead atoms. The van der Waals surface area contributed by atoms with E-state index in [1.54, 1.807) is 6.07 Å². The molecule has 4 nitrogen and oxygen atoms in total.